The minimum atomic E-state index is 0.0899. The Kier molecular flexibility index (Phi) is 7.97. The number of ether oxygens (including phenoxy) is 3. The number of methoxy groups -OCH3 is 2. The third kappa shape index (κ3) is 5.66. The minimum Gasteiger partial charge on any atom is -0.493 e. The first-order valence-corrected chi connectivity index (χ1v) is 10.6. The van der Waals surface area contributed by atoms with Gasteiger partial charge in [-0.25, -0.2) is 0 Å². The highest BCUT2D eigenvalue weighted by atomic mass is 16.5. The maximum Gasteiger partial charge on any atom is 0.195 e. The fourth-order valence-electron chi connectivity index (χ4n) is 3.72. The number of guanidine groups is 1. The number of anilines is 1. The first-order valence-electron chi connectivity index (χ1n) is 10.6. The van der Waals surface area contributed by atoms with Crippen molar-refractivity contribution in [2.24, 2.45) is 10.9 Å². The minimum absolute atomic E-state index is 0.0899. The SMILES string of the molecule is CCNC(=NCC1CCCOC1c1ccc(C)cc1)Nc1ccc(OC)c(OC)c1. The van der Waals surface area contributed by atoms with Crippen molar-refractivity contribution < 1.29 is 14.2 Å². The van der Waals surface area contributed by atoms with E-state index in [0.717, 1.165) is 37.6 Å². The van der Waals surface area contributed by atoms with Gasteiger partial charge in [0.25, 0.3) is 0 Å². The number of aryl methyl sites for hydroxylation is 1. The number of rotatable bonds is 7. The molecule has 2 aromatic rings. The molecule has 0 radical (unpaired) electrons. The standard InChI is InChI=1S/C24H33N3O3/c1-5-25-24(27-20-12-13-21(28-3)22(15-20)29-4)26-16-19-7-6-14-30-23(19)18-10-8-17(2)9-11-18/h8-13,15,19,23H,5-7,14,16H2,1-4H3,(H2,25,26,27). The molecular formula is C24H33N3O3. The van der Waals surface area contributed by atoms with E-state index < -0.39 is 0 Å². The average Bonchev–Trinajstić information content (AvgIpc) is 2.78. The molecule has 0 aliphatic carbocycles. The van der Waals surface area contributed by atoms with Crippen LogP contribution in [0.3, 0.4) is 0 Å². The summed E-state index contributed by atoms with van der Waals surface area (Å²) < 4.78 is 16.9. The van der Waals surface area contributed by atoms with Crippen LogP contribution >= 0.6 is 0 Å². The monoisotopic (exact) mass is 411 g/mol. The van der Waals surface area contributed by atoms with Crippen molar-refractivity contribution in [3.63, 3.8) is 0 Å². The van der Waals surface area contributed by atoms with Crippen LogP contribution in [-0.2, 0) is 4.74 Å². The zero-order valence-corrected chi connectivity index (χ0v) is 18.4. The summed E-state index contributed by atoms with van der Waals surface area (Å²) in [4.78, 5) is 4.87. The quantitative estimate of drug-likeness (QED) is 0.517. The number of nitrogens with zero attached hydrogens (tertiary/aromatic N) is 1. The molecule has 0 aromatic heterocycles. The van der Waals surface area contributed by atoms with E-state index in [9.17, 15) is 0 Å². The molecule has 30 heavy (non-hydrogen) atoms. The Morgan fingerprint density at radius 3 is 2.57 bits per heavy atom. The molecular weight excluding hydrogens is 378 g/mol. The lowest BCUT2D eigenvalue weighted by Gasteiger charge is -2.31. The molecule has 1 aliphatic rings. The van der Waals surface area contributed by atoms with Crippen molar-refractivity contribution in [3.05, 3.63) is 53.6 Å². The number of aliphatic imine (C=N–C) groups is 1. The smallest absolute Gasteiger partial charge is 0.195 e. The normalized spacial score (nSPS) is 19.3. The van der Waals surface area contributed by atoms with E-state index in [4.69, 9.17) is 19.2 Å². The van der Waals surface area contributed by atoms with Crippen molar-refractivity contribution in [1.29, 1.82) is 0 Å². The Labute approximate surface area is 179 Å². The van der Waals surface area contributed by atoms with E-state index in [1.165, 1.54) is 11.1 Å². The van der Waals surface area contributed by atoms with Crippen LogP contribution in [0.15, 0.2) is 47.5 Å². The predicted molar refractivity (Wildman–Crippen MR) is 122 cm³/mol. The van der Waals surface area contributed by atoms with E-state index in [0.29, 0.717) is 24.0 Å². The van der Waals surface area contributed by atoms with Gasteiger partial charge >= 0.3 is 0 Å². The molecule has 0 bridgehead atoms. The van der Waals surface area contributed by atoms with Gasteiger partial charge in [0.1, 0.15) is 0 Å². The highest BCUT2D eigenvalue weighted by Crippen LogP contribution is 2.34. The maximum atomic E-state index is 6.14. The molecule has 6 heteroatoms. The largest absolute Gasteiger partial charge is 0.493 e. The summed E-state index contributed by atoms with van der Waals surface area (Å²) in [5.74, 6) is 2.48. The van der Waals surface area contributed by atoms with Crippen LogP contribution in [0.25, 0.3) is 0 Å². The van der Waals surface area contributed by atoms with Gasteiger partial charge in [0, 0.05) is 37.4 Å². The topological polar surface area (TPSA) is 64.1 Å². The number of hydrogen-bond donors (Lipinski definition) is 2. The van der Waals surface area contributed by atoms with Crippen molar-refractivity contribution in [3.8, 4) is 11.5 Å². The maximum absolute atomic E-state index is 6.14. The average molecular weight is 412 g/mol. The fourth-order valence-corrected chi connectivity index (χ4v) is 3.72. The van der Waals surface area contributed by atoms with Gasteiger partial charge in [-0.1, -0.05) is 29.8 Å². The van der Waals surface area contributed by atoms with Gasteiger partial charge in [-0.3, -0.25) is 4.99 Å². The Hall–Kier alpha value is -2.73. The van der Waals surface area contributed by atoms with E-state index in [1.807, 2.05) is 18.2 Å². The molecule has 1 fully saturated rings. The van der Waals surface area contributed by atoms with Gasteiger partial charge in [-0.05, 0) is 44.4 Å². The summed E-state index contributed by atoms with van der Waals surface area (Å²) >= 11 is 0. The van der Waals surface area contributed by atoms with Crippen molar-refractivity contribution in [1.82, 2.24) is 5.32 Å². The molecule has 1 saturated heterocycles. The summed E-state index contributed by atoms with van der Waals surface area (Å²) in [6, 6.07) is 14.4. The van der Waals surface area contributed by atoms with Crippen molar-refractivity contribution in [2.45, 2.75) is 32.8 Å². The van der Waals surface area contributed by atoms with Gasteiger partial charge in [0.15, 0.2) is 17.5 Å². The lowest BCUT2D eigenvalue weighted by molar-refractivity contribution is -0.0250. The molecule has 2 unspecified atom stereocenters. The molecule has 162 valence electrons. The first kappa shape index (κ1) is 22.0. The van der Waals surface area contributed by atoms with Crippen LogP contribution in [0, 0.1) is 12.8 Å². The van der Waals surface area contributed by atoms with Gasteiger partial charge in [-0.15, -0.1) is 0 Å². The van der Waals surface area contributed by atoms with Crippen molar-refractivity contribution in [2.75, 3.05) is 39.2 Å². The molecule has 3 rings (SSSR count). The van der Waals surface area contributed by atoms with Crippen LogP contribution in [0.1, 0.15) is 37.0 Å². The van der Waals surface area contributed by atoms with Crippen molar-refractivity contribution >= 4 is 11.6 Å². The first-order chi connectivity index (χ1) is 14.6. The Morgan fingerprint density at radius 2 is 1.87 bits per heavy atom. The molecule has 0 saturated carbocycles. The van der Waals surface area contributed by atoms with Gasteiger partial charge in [-0.2, -0.15) is 0 Å². The van der Waals surface area contributed by atoms with Crippen LogP contribution in [0.5, 0.6) is 11.5 Å². The second-order valence-electron chi connectivity index (χ2n) is 7.52. The lowest BCUT2D eigenvalue weighted by atomic mass is 9.89. The molecule has 0 amide bonds. The van der Waals surface area contributed by atoms with E-state index in [-0.39, 0.29) is 6.10 Å². The molecule has 1 aliphatic heterocycles. The van der Waals surface area contributed by atoms with Gasteiger partial charge in [0.2, 0.25) is 0 Å². The molecule has 0 spiro atoms. The third-order valence-electron chi connectivity index (χ3n) is 5.33. The van der Waals surface area contributed by atoms with Crippen LogP contribution < -0.4 is 20.1 Å². The van der Waals surface area contributed by atoms with E-state index in [1.54, 1.807) is 14.2 Å². The van der Waals surface area contributed by atoms with E-state index in [2.05, 4.69) is 48.7 Å². The van der Waals surface area contributed by atoms with Crippen LogP contribution in [-0.4, -0.2) is 39.9 Å². The zero-order chi connectivity index (χ0) is 21.3. The Bertz CT molecular complexity index is 836. The Morgan fingerprint density at radius 1 is 1.10 bits per heavy atom. The number of hydrogen-bond acceptors (Lipinski definition) is 4. The number of nitrogens with one attached hydrogen (secondary N) is 2. The van der Waals surface area contributed by atoms with Gasteiger partial charge in [0.05, 0.1) is 20.3 Å². The number of benzene rings is 2. The molecule has 2 aromatic carbocycles. The van der Waals surface area contributed by atoms with Gasteiger partial charge < -0.3 is 24.8 Å². The summed E-state index contributed by atoms with van der Waals surface area (Å²) in [6.07, 6.45) is 2.27. The Balaban J connectivity index is 1.73. The predicted octanol–water partition coefficient (Wildman–Crippen LogP) is 4.56. The fraction of sp³-hybridized carbons (Fsp3) is 0.458. The second kappa shape index (κ2) is 10.9. The second-order valence-corrected chi connectivity index (χ2v) is 7.52. The molecule has 1 heterocycles. The van der Waals surface area contributed by atoms with Crippen LogP contribution in [0.4, 0.5) is 5.69 Å². The zero-order valence-electron chi connectivity index (χ0n) is 18.4. The summed E-state index contributed by atoms with van der Waals surface area (Å²) in [7, 11) is 3.27. The molecule has 2 atom stereocenters. The summed E-state index contributed by atoms with van der Waals surface area (Å²) in [5, 5.41) is 6.69. The van der Waals surface area contributed by atoms with Crippen LogP contribution in [0.2, 0.25) is 0 Å². The van der Waals surface area contributed by atoms with E-state index >= 15 is 0 Å². The molecule has 6 nitrogen and oxygen atoms in total. The molecule has 2 N–H and O–H groups in total. The highest BCUT2D eigenvalue weighted by Gasteiger charge is 2.27. The third-order valence-corrected chi connectivity index (χ3v) is 5.33. The summed E-state index contributed by atoms with van der Waals surface area (Å²) in [6.45, 7) is 6.45. The summed E-state index contributed by atoms with van der Waals surface area (Å²) in [5.41, 5.74) is 3.39. The highest BCUT2D eigenvalue weighted by molar-refractivity contribution is 5.93. The lowest BCUT2D eigenvalue weighted by Crippen LogP contribution is -2.32.